The van der Waals surface area contributed by atoms with Gasteiger partial charge in [0.25, 0.3) is 0 Å². The zero-order valence-corrected chi connectivity index (χ0v) is 12.6. The van der Waals surface area contributed by atoms with Crippen molar-refractivity contribution >= 4 is 5.69 Å². The van der Waals surface area contributed by atoms with E-state index in [2.05, 4.69) is 0 Å². The van der Waals surface area contributed by atoms with Crippen LogP contribution in [0.5, 0.6) is 17.2 Å². The lowest BCUT2D eigenvalue weighted by Gasteiger charge is -2.13. The van der Waals surface area contributed by atoms with Crippen molar-refractivity contribution in [2.24, 2.45) is 0 Å². The van der Waals surface area contributed by atoms with Gasteiger partial charge in [-0.25, -0.2) is 0 Å². The van der Waals surface area contributed by atoms with Crippen molar-refractivity contribution in [2.45, 2.75) is 26.6 Å². The second-order valence-electron chi connectivity index (χ2n) is 5.04. The Morgan fingerprint density at radius 1 is 1.00 bits per heavy atom. The molecule has 0 aromatic heterocycles. The van der Waals surface area contributed by atoms with Crippen molar-refractivity contribution < 1.29 is 14.2 Å². The van der Waals surface area contributed by atoms with Crippen molar-refractivity contribution in [1.82, 2.24) is 0 Å². The molecule has 0 unspecified atom stereocenters. The highest BCUT2D eigenvalue weighted by Crippen LogP contribution is 2.26. The van der Waals surface area contributed by atoms with E-state index in [1.165, 1.54) is 0 Å². The van der Waals surface area contributed by atoms with E-state index in [0.29, 0.717) is 23.8 Å². The van der Waals surface area contributed by atoms with Crippen LogP contribution in [-0.4, -0.2) is 13.2 Å². The Hall–Kier alpha value is -2.36. The Morgan fingerprint density at radius 3 is 2.48 bits per heavy atom. The molecule has 0 bridgehead atoms. The highest BCUT2D eigenvalue weighted by Gasteiger charge is 2.04. The number of benzene rings is 2. The van der Waals surface area contributed by atoms with Gasteiger partial charge in [0.1, 0.15) is 23.9 Å². The summed E-state index contributed by atoms with van der Waals surface area (Å²) in [5.41, 5.74) is 7.52. The van der Waals surface area contributed by atoms with E-state index in [4.69, 9.17) is 19.9 Å². The maximum Gasteiger partial charge on any atom is 0.125 e. The molecule has 0 spiro atoms. The summed E-state index contributed by atoms with van der Waals surface area (Å²) in [6.07, 6.45) is 0.0954. The normalized spacial score (nSPS) is 10.5. The molecule has 2 aromatic rings. The lowest BCUT2D eigenvalue weighted by atomic mass is 10.2. The number of anilines is 1. The van der Waals surface area contributed by atoms with Gasteiger partial charge < -0.3 is 19.9 Å². The Bertz CT molecular complexity index is 596. The zero-order chi connectivity index (χ0) is 15.2. The van der Waals surface area contributed by atoms with Crippen LogP contribution in [-0.2, 0) is 6.61 Å². The van der Waals surface area contributed by atoms with Gasteiger partial charge in [0.05, 0.1) is 13.2 Å². The number of nitrogens with two attached hydrogens (primary N) is 1. The number of rotatable bonds is 6. The van der Waals surface area contributed by atoms with Gasteiger partial charge in [-0.05, 0) is 31.5 Å². The topological polar surface area (TPSA) is 53.7 Å². The van der Waals surface area contributed by atoms with Crippen molar-refractivity contribution in [1.29, 1.82) is 0 Å². The van der Waals surface area contributed by atoms with Crippen LogP contribution in [0, 0.1) is 0 Å². The van der Waals surface area contributed by atoms with Crippen LogP contribution in [0.15, 0.2) is 42.5 Å². The maximum absolute atomic E-state index is 5.87. The Kier molecular flexibility index (Phi) is 4.93. The lowest BCUT2D eigenvalue weighted by molar-refractivity contribution is 0.239. The standard InChI is InChI=1S/C17H21NO3/c1-12(2)21-17-9-14(18)8-16(10-17)20-11-13-5-4-6-15(7-13)19-3/h4-10,12H,11,18H2,1-3H3. The molecule has 2 aromatic carbocycles. The number of ether oxygens (including phenoxy) is 3. The van der Waals surface area contributed by atoms with Crippen LogP contribution in [0.1, 0.15) is 19.4 Å². The summed E-state index contributed by atoms with van der Waals surface area (Å²) in [4.78, 5) is 0. The van der Waals surface area contributed by atoms with Crippen LogP contribution < -0.4 is 19.9 Å². The molecule has 0 radical (unpaired) electrons. The van der Waals surface area contributed by atoms with Crippen molar-refractivity contribution in [3.05, 3.63) is 48.0 Å². The minimum atomic E-state index is 0.0954. The molecule has 4 nitrogen and oxygen atoms in total. The van der Waals surface area contributed by atoms with Gasteiger partial charge in [-0.3, -0.25) is 0 Å². The van der Waals surface area contributed by atoms with E-state index < -0.39 is 0 Å². The molecule has 2 rings (SSSR count). The maximum atomic E-state index is 5.87. The summed E-state index contributed by atoms with van der Waals surface area (Å²) >= 11 is 0. The summed E-state index contributed by atoms with van der Waals surface area (Å²) in [6, 6.07) is 13.2. The van der Waals surface area contributed by atoms with Crippen molar-refractivity contribution in [2.75, 3.05) is 12.8 Å². The monoisotopic (exact) mass is 287 g/mol. The number of hydrogen-bond donors (Lipinski definition) is 1. The Labute approximate surface area is 125 Å². The molecule has 0 atom stereocenters. The van der Waals surface area contributed by atoms with E-state index in [0.717, 1.165) is 11.3 Å². The summed E-state index contributed by atoms with van der Waals surface area (Å²) in [7, 11) is 1.65. The first-order valence-corrected chi connectivity index (χ1v) is 6.90. The van der Waals surface area contributed by atoms with E-state index in [9.17, 15) is 0 Å². The molecule has 0 fully saturated rings. The molecule has 21 heavy (non-hydrogen) atoms. The fourth-order valence-electron chi connectivity index (χ4n) is 1.95. The molecular formula is C17H21NO3. The highest BCUT2D eigenvalue weighted by molar-refractivity contribution is 5.50. The highest BCUT2D eigenvalue weighted by atomic mass is 16.5. The molecule has 4 heteroatoms. The summed E-state index contributed by atoms with van der Waals surface area (Å²) in [5, 5.41) is 0. The zero-order valence-electron chi connectivity index (χ0n) is 12.6. The average molecular weight is 287 g/mol. The van der Waals surface area contributed by atoms with Gasteiger partial charge in [0.2, 0.25) is 0 Å². The molecule has 0 saturated carbocycles. The quantitative estimate of drug-likeness (QED) is 0.824. The van der Waals surface area contributed by atoms with Crippen LogP contribution in [0.3, 0.4) is 0 Å². The third-order valence-corrected chi connectivity index (χ3v) is 2.81. The van der Waals surface area contributed by atoms with E-state index >= 15 is 0 Å². The summed E-state index contributed by atoms with van der Waals surface area (Å²) < 4.78 is 16.6. The molecule has 0 aliphatic rings. The van der Waals surface area contributed by atoms with Gasteiger partial charge in [0.15, 0.2) is 0 Å². The van der Waals surface area contributed by atoms with Gasteiger partial charge in [-0.1, -0.05) is 12.1 Å². The largest absolute Gasteiger partial charge is 0.497 e. The minimum absolute atomic E-state index is 0.0954. The molecule has 0 amide bonds. The minimum Gasteiger partial charge on any atom is -0.497 e. The van der Waals surface area contributed by atoms with Gasteiger partial charge >= 0.3 is 0 Å². The average Bonchev–Trinajstić information content (AvgIpc) is 2.44. The molecule has 0 aliphatic heterocycles. The number of nitrogen functional groups attached to an aromatic ring is 1. The van der Waals surface area contributed by atoms with E-state index in [-0.39, 0.29) is 6.10 Å². The Balaban J connectivity index is 2.06. The fraction of sp³-hybridized carbons (Fsp3) is 0.294. The van der Waals surface area contributed by atoms with E-state index in [1.54, 1.807) is 19.2 Å². The van der Waals surface area contributed by atoms with Gasteiger partial charge in [-0.15, -0.1) is 0 Å². The van der Waals surface area contributed by atoms with Gasteiger partial charge in [-0.2, -0.15) is 0 Å². The summed E-state index contributed by atoms with van der Waals surface area (Å²) in [6.45, 7) is 4.39. The molecular weight excluding hydrogens is 266 g/mol. The SMILES string of the molecule is COc1cccc(COc2cc(N)cc(OC(C)C)c2)c1. The second-order valence-corrected chi connectivity index (χ2v) is 5.04. The van der Waals surface area contributed by atoms with Crippen molar-refractivity contribution in [3.8, 4) is 17.2 Å². The number of hydrogen-bond acceptors (Lipinski definition) is 4. The smallest absolute Gasteiger partial charge is 0.125 e. The summed E-state index contributed by atoms with van der Waals surface area (Å²) in [5.74, 6) is 2.21. The van der Waals surface area contributed by atoms with E-state index in [1.807, 2.05) is 44.2 Å². The molecule has 112 valence electrons. The van der Waals surface area contributed by atoms with Crippen LogP contribution in [0.4, 0.5) is 5.69 Å². The predicted molar refractivity (Wildman–Crippen MR) is 83.9 cm³/mol. The first kappa shape index (κ1) is 15.0. The molecule has 0 saturated heterocycles. The Morgan fingerprint density at radius 2 is 1.76 bits per heavy atom. The predicted octanol–water partition coefficient (Wildman–Crippen LogP) is 3.64. The number of methoxy groups -OCH3 is 1. The van der Waals surface area contributed by atoms with Crippen molar-refractivity contribution in [3.63, 3.8) is 0 Å². The fourth-order valence-corrected chi connectivity index (χ4v) is 1.95. The van der Waals surface area contributed by atoms with Gasteiger partial charge in [0, 0.05) is 23.9 Å². The first-order valence-electron chi connectivity index (χ1n) is 6.90. The molecule has 2 N–H and O–H groups in total. The first-order chi connectivity index (χ1) is 10.1. The molecule has 0 heterocycles. The van der Waals surface area contributed by atoms with Crippen LogP contribution >= 0.6 is 0 Å². The second kappa shape index (κ2) is 6.88. The third-order valence-electron chi connectivity index (χ3n) is 2.81. The van der Waals surface area contributed by atoms with Crippen LogP contribution in [0.25, 0.3) is 0 Å². The lowest BCUT2D eigenvalue weighted by Crippen LogP contribution is -2.06. The van der Waals surface area contributed by atoms with Crippen LogP contribution in [0.2, 0.25) is 0 Å². The molecule has 0 aliphatic carbocycles. The third kappa shape index (κ3) is 4.60.